The zero-order valence-electron chi connectivity index (χ0n) is 34.3. The molecule has 0 saturated carbocycles. The number of nitrogens with one attached hydrogen (secondary N) is 2. The lowest BCUT2D eigenvalue weighted by molar-refractivity contribution is -0.120. The molecule has 3 aliphatic heterocycles. The molecule has 2 aromatic carbocycles. The summed E-state index contributed by atoms with van der Waals surface area (Å²) in [6.07, 6.45) is 3.52. The van der Waals surface area contributed by atoms with Crippen LogP contribution in [0.25, 0.3) is 33.6 Å². The molecule has 61 heavy (non-hydrogen) atoms. The van der Waals surface area contributed by atoms with Crippen LogP contribution in [-0.2, 0) is 27.4 Å². The maximum Gasteiger partial charge on any atom is 0.410 e. The number of benzene rings is 2. The molecule has 320 valence electrons. The van der Waals surface area contributed by atoms with Gasteiger partial charge in [-0.1, -0.05) is 53.5 Å². The highest BCUT2D eigenvalue weighted by molar-refractivity contribution is 6.39. The topological polar surface area (TPSA) is 184 Å². The number of pyridine rings is 2. The fraction of sp³-hybridized carbons (Fsp3) is 0.386. The van der Waals surface area contributed by atoms with Gasteiger partial charge in [-0.15, -0.1) is 0 Å². The molecular formula is C44H47Cl2N7O8. The summed E-state index contributed by atoms with van der Waals surface area (Å²) < 4.78 is 11.3. The van der Waals surface area contributed by atoms with Crippen LogP contribution in [0.4, 0.5) is 9.59 Å². The number of hydrogen-bond donors (Lipinski definition) is 3. The number of ether oxygens (including phenoxy) is 2. The lowest BCUT2D eigenvalue weighted by atomic mass is 9.98. The zero-order chi connectivity index (χ0) is 43.6. The SMILES string of the molecule is COc1cc(-c2nccc(-c3cccc(-c4cc5c(cn4)C(=O)N(CCN(C[C@@H]4CCC(=O)N4)C(=O)OC(C)(C)C)C5)c3Cl)c2Cl)ccc1CN(C[C@@H]1CCC(=O)N1)C(=O)O. The normalized spacial score (nSPS) is 17.2. The second-order valence-corrected chi connectivity index (χ2v) is 17.1. The van der Waals surface area contributed by atoms with Gasteiger partial charge >= 0.3 is 12.2 Å². The molecule has 0 radical (unpaired) electrons. The van der Waals surface area contributed by atoms with E-state index < -0.39 is 17.8 Å². The molecule has 4 aromatic rings. The van der Waals surface area contributed by atoms with Crippen LogP contribution in [0.15, 0.2) is 60.9 Å². The van der Waals surface area contributed by atoms with Gasteiger partial charge in [0.2, 0.25) is 11.8 Å². The first-order chi connectivity index (χ1) is 29.1. The Balaban J connectivity index is 1.08. The number of carbonyl (C=O) groups is 5. The third-order valence-corrected chi connectivity index (χ3v) is 11.6. The number of nitrogens with zero attached hydrogens (tertiary/aromatic N) is 5. The van der Waals surface area contributed by atoms with E-state index in [0.29, 0.717) is 92.8 Å². The molecular weight excluding hydrogens is 825 g/mol. The van der Waals surface area contributed by atoms with Gasteiger partial charge in [-0.2, -0.15) is 0 Å². The Morgan fingerprint density at radius 2 is 1.56 bits per heavy atom. The van der Waals surface area contributed by atoms with Crippen molar-refractivity contribution in [2.24, 2.45) is 0 Å². The van der Waals surface area contributed by atoms with E-state index >= 15 is 0 Å². The smallest absolute Gasteiger partial charge is 0.410 e. The van der Waals surface area contributed by atoms with Gasteiger partial charge in [0.05, 0.1) is 40.7 Å². The number of rotatable bonds is 13. The summed E-state index contributed by atoms with van der Waals surface area (Å²) in [5.74, 6) is 0.102. The Morgan fingerprint density at radius 3 is 2.20 bits per heavy atom. The molecule has 0 spiro atoms. The van der Waals surface area contributed by atoms with Crippen molar-refractivity contribution in [2.75, 3.05) is 33.3 Å². The highest BCUT2D eigenvalue weighted by Crippen LogP contribution is 2.42. The molecule has 0 bridgehead atoms. The van der Waals surface area contributed by atoms with Crippen LogP contribution < -0.4 is 15.4 Å². The maximum absolute atomic E-state index is 13.5. The first-order valence-corrected chi connectivity index (χ1v) is 20.8. The monoisotopic (exact) mass is 871 g/mol. The van der Waals surface area contributed by atoms with Gasteiger partial charge in [0.15, 0.2) is 0 Å². The highest BCUT2D eigenvalue weighted by atomic mass is 35.5. The van der Waals surface area contributed by atoms with Gasteiger partial charge in [-0.25, -0.2) is 9.59 Å². The Morgan fingerprint density at radius 1 is 0.885 bits per heavy atom. The number of carboxylic acid groups (broad SMARTS) is 1. The van der Waals surface area contributed by atoms with Crippen molar-refractivity contribution in [2.45, 2.75) is 77.2 Å². The van der Waals surface area contributed by atoms with Gasteiger partial charge in [0.1, 0.15) is 11.4 Å². The lowest BCUT2D eigenvalue weighted by Crippen LogP contribution is -2.47. The van der Waals surface area contributed by atoms with E-state index in [1.54, 1.807) is 67.2 Å². The first-order valence-electron chi connectivity index (χ1n) is 20.0. The first kappa shape index (κ1) is 43.2. The quantitative estimate of drug-likeness (QED) is 0.126. The number of aromatic nitrogens is 2. The molecule has 0 unspecified atom stereocenters. The number of amides is 5. The molecule has 2 saturated heterocycles. The summed E-state index contributed by atoms with van der Waals surface area (Å²) in [4.78, 5) is 76.1. The van der Waals surface area contributed by atoms with Crippen LogP contribution in [0.1, 0.15) is 67.9 Å². The maximum atomic E-state index is 13.5. The second-order valence-electron chi connectivity index (χ2n) is 16.4. The summed E-state index contributed by atoms with van der Waals surface area (Å²) in [5.41, 5.74) is 4.68. The van der Waals surface area contributed by atoms with E-state index in [9.17, 15) is 29.1 Å². The summed E-state index contributed by atoms with van der Waals surface area (Å²) in [6, 6.07) is 14.0. The largest absolute Gasteiger partial charge is 0.496 e. The Hall–Kier alpha value is -5.93. The predicted molar refractivity (Wildman–Crippen MR) is 228 cm³/mol. The molecule has 5 heterocycles. The molecule has 2 aromatic heterocycles. The van der Waals surface area contributed by atoms with Crippen LogP contribution in [-0.4, -0.2) is 111 Å². The van der Waals surface area contributed by atoms with E-state index in [1.807, 2.05) is 24.3 Å². The second kappa shape index (κ2) is 18.0. The van der Waals surface area contributed by atoms with Gasteiger partial charge in [-0.3, -0.25) is 24.4 Å². The summed E-state index contributed by atoms with van der Waals surface area (Å²) >= 11 is 14.2. The minimum absolute atomic E-state index is 0.0484. The number of methoxy groups -OCH3 is 1. The Kier molecular flexibility index (Phi) is 12.7. The number of carbonyl (C=O) groups excluding carboxylic acids is 4. The molecule has 3 N–H and O–H groups in total. The average molecular weight is 873 g/mol. The van der Waals surface area contributed by atoms with Crippen molar-refractivity contribution in [3.05, 3.63) is 87.7 Å². The van der Waals surface area contributed by atoms with Crippen LogP contribution in [0.5, 0.6) is 5.75 Å². The fourth-order valence-electron chi connectivity index (χ4n) is 7.81. The van der Waals surface area contributed by atoms with E-state index in [-0.39, 0.29) is 62.5 Å². The van der Waals surface area contributed by atoms with Gasteiger partial charge in [0, 0.05) is 97.9 Å². The highest BCUT2D eigenvalue weighted by Gasteiger charge is 2.33. The fourth-order valence-corrected chi connectivity index (χ4v) is 8.46. The van der Waals surface area contributed by atoms with Gasteiger partial charge < -0.3 is 39.9 Å². The zero-order valence-corrected chi connectivity index (χ0v) is 35.8. The molecule has 15 nitrogen and oxygen atoms in total. The van der Waals surface area contributed by atoms with Crippen molar-refractivity contribution >= 4 is 53.1 Å². The Labute approximate surface area is 363 Å². The summed E-state index contributed by atoms with van der Waals surface area (Å²) in [7, 11) is 1.50. The molecule has 7 rings (SSSR count). The predicted octanol–water partition coefficient (Wildman–Crippen LogP) is 7.02. The number of hydrogen-bond acceptors (Lipinski definition) is 9. The summed E-state index contributed by atoms with van der Waals surface area (Å²) in [6.45, 7) is 6.61. The number of fused-ring (bicyclic) bond motifs is 1. The Bertz CT molecular complexity index is 2390. The van der Waals surface area contributed by atoms with E-state index in [1.165, 1.54) is 12.0 Å². The van der Waals surface area contributed by atoms with Crippen LogP contribution in [0.3, 0.4) is 0 Å². The molecule has 0 aliphatic carbocycles. The van der Waals surface area contributed by atoms with Crippen LogP contribution in [0, 0.1) is 0 Å². The number of halogens is 2. The molecule has 2 fully saturated rings. The molecule has 17 heteroatoms. The molecule has 3 aliphatic rings. The molecule has 2 atom stereocenters. The van der Waals surface area contributed by atoms with Crippen LogP contribution in [0.2, 0.25) is 10.0 Å². The molecule has 5 amide bonds. The standard InChI is InChI=1S/C44H47Cl2N7O8/c1-44(2,3)61-43(59)52(23-28-10-12-36(54)49-28)17-16-51-22-27-18-34(48-20-33(27)41(51)56)32-7-5-6-30(38(32)45)31-14-15-47-40(39(31)46)25-8-9-26(35(19-25)60-4)21-53(42(57)58)24-29-11-13-37(55)50-29/h5-9,14-15,18-20,28-29H,10-13,16-17,21-24H2,1-4H3,(H,49,54)(H,50,55)(H,57,58)/t28-,29-/m0/s1. The van der Waals surface area contributed by atoms with E-state index in [2.05, 4.69) is 20.6 Å². The van der Waals surface area contributed by atoms with Crippen molar-refractivity contribution in [1.29, 1.82) is 0 Å². The van der Waals surface area contributed by atoms with Crippen molar-refractivity contribution in [3.63, 3.8) is 0 Å². The van der Waals surface area contributed by atoms with Crippen molar-refractivity contribution in [3.8, 4) is 39.4 Å². The van der Waals surface area contributed by atoms with E-state index in [4.69, 9.17) is 32.7 Å². The average Bonchev–Trinajstić information content (AvgIpc) is 3.92. The van der Waals surface area contributed by atoms with Crippen LogP contribution >= 0.6 is 23.2 Å². The third kappa shape index (κ3) is 9.84. The van der Waals surface area contributed by atoms with Crippen molar-refractivity contribution in [1.82, 2.24) is 35.3 Å². The third-order valence-electron chi connectivity index (χ3n) is 10.9. The van der Waals surface area contributed by atoms with E-state index in [0.717, 1.165) is 5.56 Å². The minimum atomic E-state index is -1.11. The summed E-state index contributed by atoms with van der Waals surface area (Å²) in [5, 5.41) is 16.4. The lowest BCUT2D eigenvalue weighted by Gasteiger charge is -2.30. The van der Waals surface area contributed by atoms with Gasteiger partial charge in [-0.05, 0) is 57.4 Å². The van der Waals surface area contributed by atoms with Crippen molar-refractivity contribution < 1.29 is 38.6 Å². The minimum Gasteiger partial charge on any atom is -0.496 e. The van der Waals surface area contributed by atoms with Gasteiger partial charge in [0.25, 0.3) is 5.91 Å².